The lowest BCUT2D eigenvalue weighted by molar-refractivity contribution is 1.19. The molecule has 0 amide bonds. The molecular formula is C24H27ClSi. The van der Waals surface area contributed by atoms with Gasteiger partial charge in [0.1, 0.15) is 0 Å². The average Bonchev–Trinajstić information content (AvgIpc) is 2.70. The van der Waals surface area contributed by atoms with Crippen molar-refractivity contribution in [2.45, 2.75) is 38.9 Å². The zero-order chi connectivity index (χ0) is 18.6. The van der Waals surface area contributed by atoms with Crippen molar-refractivity contribution in [2.75, 3.05) is 0 Å². The van der Waals surface area contributed by atoms with Crippen molar-refractivity contribution < 1.29 is 0 Å². The van der Waals surface area contributed by atoms with Gasteiger partial charge in [-0.15, -0.1) is 0 Å². The van der Waals surface area contributed by atoms with E-state index in [4.69, 9.17) is 11.6 Å². The van der Waals surface area contributed by atoms with Crippen molar-refractivity contribution in [3.05, 3.63) is 77.8 Å². The molecule has 3 aromatic carbocycles. The van der Waals surface area contributed by atoms with Gasteiger partial charge in [-0.1, -0.05) is 116 Å². The molecule has 3 aromatic rings. The van der Waals surface area contributed by atoms with Crippen LogP contribution >= 0.6 is 11.6 Å². The van der Waals surface area contributed by atoms with E-state index in [1.165, 1.54) is 34.8 Å². The van der Waals surface area contributed by atoms with Crippen molar-refractivity contribution in [1.82, 2.24) is 0 Å². The van der Waals surface area contributed by atoms with Gasteiger partial charge < -0.3 is 0 Å². The fourth-order valence-electron chi connectivity index (χ4n) is 3.90. The number of benzene rings is 3. The van der Waals surface area contributed by atoms with E-state index in [1.807, 2.05) is 18.2 Å². The van der Waals surface area contributed by atoms with Gasteiger partial charge in [-0.25, -0.2) is 0 Å². The molecule has 0 radical (unpaired) electrons. The smallest absolute Gasteiger partial charge is 0.0843 e. The van der Waals surface area contributed by atoms with Crippen LogP contribution in [0.3, 0.4) is 0 Å². The lowest BCUT2D eigenvalue weighted by atomic mass is 10.0. The number of hydrogen-bond acceptors (Lipinski definition) is 0. The molecule has 0 spiro atoms. The van der Waals surface area contributed by atoms with Gasteiger partial charge in [-0.3, -0.25) is 0 Å². The molecule has 26 heavy (non-hydrogen) atoms. The van der Waals surface area contributed by atoms with E-state index >= 15 is 0 Å². The Labute approximate surface area is 163 Å². The lowest BCUT2D eigenvalue weighted by Crippen LogP contribution is -2.45. The number of halogens is 1. The molecule has 0 fully saturated rings. The van der Waals surface area contributed by atoms with Crippen LogP contribution in [0.1, 0.15) is 20.8 Å². The predicted molar refractivity (Wildman–Crippen MR) is 119 cm³/mol. The zero-order valence-corrected chi connectivity index (χ0v) is 17.7. The number of hydrogen-bond donors (Lipinski definition) is 0. The van der Waals surface area contributed by atoms with Crippen LogP contribution < -0.4 is 5.19 Å². The Balaban J connectivity index is 1.86. The molecule has 0 aliphatic rings. The van der Waals surface area contributed by atoms with Crippen molar-refractivity contribution in [1.29, 1.82) is 0 Å². The van der Waals surface area contributed by atoms with Gasteiger partial charge in [-0.2, -0.15) is 0 Å². The molecule has 0 aliphatic carbocycles. The Kier molecular flexibility index (Phi) is 6.00. The van der Waals surface area contributed by atoms with Gasteiger partial charge in [0.05, 0.1) is 8.07 Å². The summed E-state index contributed by atoms with van der Waals surface area (Å²) in [7, 11) is -1.29. The molecule has 0 nitrogen and oxygen atoms in total. The first-order valence-electron chi connectivity index (χ1n) is 9.59. The van der Waals surface area contributed by atoms with Crippen LogP contribution in [0, 0.1) is 0 Å². The summed E-state index contributed by atoms with van der Waals surface area (Å²) < 4.78 is 0. The minimum Gasteiger partial charge on any atom is -0.0843 e. The highest BCUT2D eigenvalue weighted by atomic mass is 35.5. The normalized spacial score (nSPS) is 11.5. The third-order valence-electron chi connectivity index (χ3n) is 5.90. The van der Waals surface area contributed by atoms with Gasteiger partial charge in [-0.05, 0) is 34.4 Å². The van der Waals surface area contributed by atoms with Gasteiger partial charge in [0, 0.05) is 5.02 Å². The maximum atomic E-state index is 6.11. The molecule has 0 N–H and O–H groups in total. The molecule has 0 bridgehead atoms. The third kappa shape index (κ3) is 3.79. The quantitative estimate of drug-likeness (QED) is 0.392. The minimum absolute atomic E-state index is 0.776. The summed E-state index contributed by atoms with van der Waals surface area (Å²) >= 11 is 6.11. The van der Waals surface area contributed by atoms with Crippen LogP contribution in [0.25, 0.3) is 22.3 Å². The molecule has 2 heteroatoms. The topological polar surface area (TPSA) is 0 Å². The van der Waals surface area contributed by atoms with E-state index in [9.17, 15) is 0 Å². The molecule has 0 saturated carbocycles. The molecule has 0 aromatic heterocycles. The lowest BCUT2D eigenvalue weighted by Gasteiger charge is -2.28. The van der Waals surface area contributed by atoms with E-state index in [2.05, 4.69) is 75.4 Å². The van der Waals surface area contributed by atoms with Crippen molar-refractivity contribution in [3.8, 4) is 22.3 Å². The predicted octanol–water partition coefficient (Wildman–Crippen LogP) is 7.39. The Bertz CT molecular complexity index is 838. The van der Waals surface area contributed by atoms with Crippen LogP contribution in [-0.4, -0.2) is 8.07 Å². The van der Waals surface area contributed by atoms with Crippen molar-refractivity contribution in [3.63, 3.8) is 0 Å². The highest BCUT2D eigenvalue weighted by molar-refractivity contribution is 6.91. The molecular weight excluding hydrogens is 352 g/mol. The Morgan fingerprint density at radius 1 is 0.615 bits per heavy atom. The van der Waals surface area contributed by atoms with Crippen LogP contribution in [0.15, 0.2) is 72.8 Å². The van der Waals surface area contributed by atoms with E-state index in [-0.39, 0.29) is 0 Å². The summed E-state index contributed by atoms with van der Waals surface area (Å²) in [6, 6.07) is 30.1. The summed E-state index contributed by atoms with van der Waals surface area (Å²) in [5.41, 5.74) is 4.91. The molecule has 0 aliphatic heterocycles. The summed E-state index contributed by atoms with van der Waals surface area (Å²) in [5.74, 6) is 0. The fourth-order valence-corrected chi connectivity index (χ4v) is 7.69. The maximum Gasteiger partial charge on any atom is 0.0859 e. The molecule has 0 heterocycles. The zero-order valence-electron chi connectivity index (χ0n) is 15.9. The van der Waals surface area contributed by atoms with Gasteiger partial charge in [0.2, 0.25) is 0 Å². The Morgan fingerprint density at radius 3 is 1.54 bits per heavy atom. The van der Waals surface area contributed by atoms with E-state index in [0.29, 0.717) is 0 Å². The van der Waals surface area contributed by atoms with Crippen molar-refractivity contribution in [2.24, 2.45) is 0 Å². The third-order valence-corrected chi connectivity index (χ3v) is 11.8. The van der Waals surface area contributed by atoms with Gasteiger partial charge >= 0.3 is 0 Å². The first kappa shape index (κ1) is 18.9. The highest BCUT2D eigenvalue weighted by Crippen LogP contribution is 2.27. The van der Waals surface area contributed by atoms with Gasteiger partial charge in [0.15, 0.2) is 0 Å². The van der Waals surface area contributed by atoms with E-state index in [1.54, 1.807) is 5.19 Å². The summed E-state index contributed by atoms with van der Waals surface area (Å²) in [4.78, 5) is 0. The van der Waals surface area contributed by atoms with E-state index < -0.39 is 8.07 Å². The second-order valence-corrected chi connectivity index (χ2v) is 12.7. The van der Waals surface area contributed by atoms with Crippen LogP contribution in [0.2, 0.25) is 23.2 Å². The summed E-state index contributed by atoms with van der Waals surface area (Å²) in [6.07, 6.45) is 0. The van der Waals surface area contributed by atoms with E-state index in [0.717, 1.165) is 10.6 Å². The fraction of sp³-hybridized carbons (Fsp3) is 0.250. The van der Waals surface area contributed by atoms with Crippen LogP contribution in [-0.2, 0) is 0 Å². The second kappa shape index (κ2) is 8.24. The maximum absolute atomic E-state index is 6.11. The Hall–Kier alpha value is -1.83. The molecule has 0 unspecified atom stereocenters. The average molecular weight is 379 g/mol. The first-order valence-corrected chi connectivity index (χ1v) is 12.6. The van der Waals surface area contributed by atoms with Crippen LogP contribution in [0.5, 0.6) is 0 Å². The first-order chi connectivity index (χ1) is 12.6. The van der Waals surface area contributed by atoms with Gasteiger partial charge in [0.25, 0.3) is 0 Å². The summed E-state index contributed by atoms with van der Waals surface area (Å²) in [5, 5.41) is 2.38. The molecule has 0 atom stereocenters. The molecule has 3 rings (SSSR count). The summed E-state index contributed by atoms with van der Waals surface area (Å²) in [6.45, 7) is 7.09. The largest absolute Gasteiger partial charge is 0.0859 e. The SMILES string of the molecule is CC[Si](CC)(CC)c1ccc(-c2ccc(-c3cccc(Cl)c3)cc2)cc1. The molecule has 0 saturated heterocycles. The minimum atomic E-state index is -1.29. The Morgan fingerprint density at radius 2 is 1.08 bits per heavy atom. The highest BCUT2D eigenvalue weighted by Gasteiger charge is 2.28. The molecule has 134 valence electrons. The monoisotopic (exact) mass is 378 g/mol. The van der Waals surface area contributed by atoms with Crippen LogP contribution in [0.4, 0.5) is 0 Å². The second-order valence-electron chi connectivity index (χ2n) is 7.01. The number of rotatable bonds is 6. The standard InChI is InChI=1S/C24H27ClSi/c1-4-26(5-2,6-3)24-16-14-20(15-17-24)19-10-12-21(13-11-19)22-8-7-9-23(25)18-22/h7-18H,4-6H2,1-3H3. The van der Waals surface area contributed by atoms with Crippen molar-refractivity contribution >= 4 is 24.9 Å².